The average molecular weight is 274 g/mol. The van der Waals surface area contributed by atoms with Crippen LogP contribution in [0.2, 0.25) is 0 Å². The Bertz CT molecular complexity index is 371. The van der Waals surface area contributed by atoms with Gasteiger partial charge in [-0.2, -0.15) is 5.10 Å². The smallest absolute Gasteiger partial charge is 0.140 e. The van der Waals surface area contributed by atoms with Crippen molar-refractivity contribution in [3.63, 3.8) is 0 Å². The summed E-state index contributed by atoms with van der Waals surface area (Å²) >= 11 is 3.43. The van der Waals surface area contributed by atoms with Gasteiger partial charge in [-0.1, -0.05) is 0 Å². The topological polar surface area (TPSA) is 60.9 Å². The lowest BCUT2D eigenvalue weighted by molar-refractivity contribution is -0.118. The molecule has 0 saturated heterocycles. The molecular weight excluding hydrogens is 258 g/mol. The van der Waals surface area contributed by atoms with E-state index in [9.17, 15) is 4.79 Å². The van der Waals surface area contributed by atoms with Crippen LogP contribution in [-0.4, -0.2) is 21.6 Å². The highest BCUT2D eigenvalue weighted by molar-refractivity contribution is 9.10. The summed E-state index contributed by atoms with van der Waals surface area (Å²) in [5.41, 5.74) is 7.39. The van der Waals surface area contributed by atoms with Crippen molar-refractivity contribution in [2.24, 2.45) is 12.8 Å². The Morgan fingerprint density at radius 3 is 2.67 bits per heavy atom. The molecule has 0 aromatic carbocycles. The molecule has 1 aromatic heterocycles. The molecule has 2 N–H and O–H groups in total. The molecule has 1 rings (SSSR count). The molecule has 0 bridgehead atoms. The molecule has 4 nitrogen and oxygen atoms in total. The van der Waals surface area contributed by atoms with E-state index in [-0.39, 0.29) is 11.8 Å². The third-order valence-corrected chi connectivity index (χ3v) is 3.21. The van der Waals surface area contributed by atoms with E-state index in [0.717, 1.165) is 15.9 Å². The van der Waals surface area contributed by atoms with Gasteiger partial charge >= 0.3 is 0 Å². The largest absolute Gasteiger partial charge is 0.328 e. The summed E-state index contributed by atoms with van der Waals surface area (Å²) in [6, 6.07) is -0.0781. The molecule has 0 fully saturated rings. The number of aryl methyl sites for hydroxylation is 2. The summed E-state index contributed by atoms with van der Waals surface area (Å²) in [7, 11) is 1.84. The van der Waals surface area contributed by atoms with Crippen molar-refractivity contribution in [3.05, 3.63) is 15.9 Å². The number of nitrogens with two attached hydrogens (primary N) is 1. The normalized spacial score (nSPS) is 12.9. The van der Waals surface area contributed by atoms with E-state index in [0.29, 0.717) is 12.8 Å². The molecule has 0 aliphatic carbocycles. The fourth-order valence-electron chi connectivity index (χ4n) is 1.49. The second kappa shape index (κ2) is 4.90. The minimum absolute atomic E-state index is 0.0781. The quantitative estimate of drug-likeness (QED) is 0.901. The van der Waals surface area contributed by atoms with E-state index in [2.05, 4.69) is 21.0 Å². The van der Waals surface area contributed by atoms with Gasteiger partial charge in [-0.05, 0) is 29.8 Å². The van der Waals surface area contributed by atoms with Crippen molar-refractivity contribution in [1.82, 2.24) is 9.78 Å². The van der Waals surface area contributed by atoms with Crippen LogP contribution >= 0.6 is 15.9 Å². The lowest BCUT2D eigenvalue weighted by Crippen LogP contribution is -2.21. The maximum Gasteiger partial charge on any atom is 0.140 e. The summed E-state index contributed by atoms with van der Waals surface area (Å²) in [5, 5.41) is 4.23. The van der Waals surface area contributed by atoms with Gasteiger partial charge < -0.3 is 5.73 Å². The van der Waals surface area contributed by atoms with Crippen LogP contribution in [0.5, 0.6) is 0 Å². The number of nitrogens with zero attached hydrogens (tertiary/aromatic N) is 2. The standard InChI is InChI=1S/C10H16BrN3O/c1-6(12)4-8(15)5-9-10(11)7(2)13-14(9)3/h6H,4-5,12H2,1-3H3. The number of carbonyl (C=O) groups excluding carboxylic acids is 1. The van der Waals surface area contributed by atoms with E-state index in [1.165, 1.54) is 0 Å². The fraction of sp³-hybridized carbons (Fsp3) is 0.600. The molecule has 0 radical (unpaired) electrons. The first-order valence-electron chi connectivity index (χ1n) is 4.87. The first-order valence-corrected chi connectivity index (χ1v) is 5.66. The fourth-order valence-corrected chi connectivity index (χ4v) is 1.97. The summed E-state index contributed by atoms with van der Waals surface area (Å²) in [6.45, 7) is 3.74. The van der Waals surface area contributed by atoms with Gasteiger partial charge in [-0.15, -0.1) is 0 Å². The third kappa shape index (κ3) is 3.14. The highest BCUT2D eigenvalue weighted by Crippen LogP contribution is 2.21. The van der Waals surface area contributed by atoms with Crippen molar-refractivity contribution < 1.29 is 4.79 Å². The van der Waals surface area contributed by atoms with Crippen LogP contribution in [-0.2, 0) is 18.3 Å². The third-order valence-electron chi connectivity index (χ3n) is 2.18. The molecule has 0 spiro atoms. The highest BCUT2D eigenvalue weighted by Gasteiger charge is 2.14. The number of halogens is 1. The minimum atomic E-state index is -0.0781. The summed E-state index contributed by atoms with van der Waals surface area (Å²) in [4.78, 5) is 11.6. The SMILES string of the molecule is Cc1nn(C)c(CC(=O)CC(C)N)c1Br. The Hall–Kier alpha value is -0.680. The Kier molecular flexibility index (Phi) is 4.04. The Morgan fingerprint density at radius 1 is 1.67 bits per heavy atom. The van der Waals surface area contributed by atoms with Gasteiger partial charge in [0.15, 0.2) is 0 Å². The molecule has 15 heavy (non-hydrogen) atoms. The molecule has 1 heterocycles. The molecule has 1 unspecified atom stereocenters. The molecule has 0 amide bonds. The number of hydrogen-bond donors (Lipinski definition) is 1. The molecule has 5 heteroatoms. The van der Waals surface area contributed by atoms with Crippen LogP contribution in [0.15, 0.2) is 4.47 Å². The maximum absolute atomic E-state index is 11.6. The highest BCUT2D eigenvalue weighted by atomic mass is 79.9. The number of carbonyl (C=O) groups is 1. The number of aromatic nitrogens is 2. The zero-order valence-electron chi connectivity index (χ0n) is 9.25. The number of ketones is 1. The van der Waals surface area contributed by atoms with Crippen LogP contribution in [0.25, 0.3) is 0 Å². The Morgan fingerprint density at radius 2 is 2.27 bits per heavy atom. The first kappa shape index (κ1) is 12.4. The number of rotatable bonds is 4. The van der Waals surface area contributed by atoms with Gasteiger partial charge in [0.1, 0.15) is 5.78 Å². The van der Waals surface area contributed by atoms with E-state index in [1.54, 1.807) is 4.68 Å². The van der Waals surface area contributed by atoms with Gasteiger partial charge in [-0.25, -0.2) is 0 Å². The van der Waals surface area contributed by atoms with Gasteiger partial charge in [0.25, 0.3) is 0 Å². The van der Waals surface area contributed by atoms with Crippen LogP contribution in [0.4, 0.5) is 0 Å². The summed E-state index contributed by atoms with van der Waals surface area (Å²) in [6.07, 6.45) is 0.802. The van der Waals surface area contributed by atoms with E-state index in [1.807, 2.05) is 20.9 Å². The van der Waals surface area contributed by atoms with Crippen molar-refractivity contribution in [2.45, 2.75) is 32.7 Å². The van der Waals surface area contributed by atoms with Crippen LogP contribution in [0.1, 0.15) is 24.7 Å². The van der Waals surface area contributed by atoms with Gasteiger partial charge in [-0.3, -0.25) is 9.48 Å². The lowest BCUT2D eigenvalue weighted by Gasteiger charge is -2.05. The minimum Gasteiger partial charge on any atom is -0.328 e. The van der Waals surface area contributed by atoms with Crippen molar-refractivity contribution >= 4 is 21.7 Å². The van der Waals surface area contributed by atoms with Crippen molar-refractivity contribution in [2.75, 3.05) is 0 Å². The summed E-state index contributed by atoms with van der Waals surface area (Å²) < 4.78 is 2.65. The zero-order valence-corrected chi connectivity index (χ0v) is 10.8. The molecule has 0 aliphatic heterocycles. The Balaban J connectivity index is 2.76. The monoisotopic (exact) mass is 273 g/mol. The lowest BCUT2D eigenvalue weighted by atomic mass is 10.1. The summed E-state index contributed by atoms with van der Waals surface area (Å²) in [5.74, 6) is 0.147. The molecule has 1 atom stereocenters. The van der Waals surface area contributed by atoms with E-state index >= 15 is 0 Å². The molecule has 84 valence electrons. The van der Waals surface area contributed by atoms with Crippen LogP contribution in [0, 0.1) is 6.92 Å². The number of hydrogen-bond acceptors (Lipinski definition) is 3. The zero-order chi connectivity index (χ0) is 11.6. The second-order valence-corrected chi connectivity index (χ2v) is 4.66. The van der Waals surface area contributed by atoms with Crippen LogP contribution < -0.4 is 5.73 Å². The van der Waals surface area contributed by atoms with Crippen molar-refractivity contribution in [1.29, 1.82) is 0 Å². The Labute approximate surface area is 98.0 Å². The molecule has 0 aliphatic rings. The van der Waals surface area contributed by atoms with Gasteiger partial charge in [0.2, 0.25) is 0 Å². The number of Topliss-reactive ketones (excluding diaryl/α,β-unsaturated/α-hetero) is 1. The van der Waals surface area contributed by atoms with E-state index in [4.69, 9.17) is 5.73 Å². The maximum atomic E-state index is 11.6. The van der Waals surface area contributed by atoms with Gasteiger partial charge in [0, 0.05) is 25.9 Å². The second-order valence-electron chi connectivity index (χ2n) is 3.87. The van der Waals surface area contributed by atoms with Crippen molar-refractivity contribution in [3.8, 4) is 0 Å². The molecule has 1 aromatic rings. The van der Waals surface area contributed by atoms with Gasteiger partial charge in [0.05, 0.1) is 15.9 Å². The van der Waals surface area contributed by atoms with E-state index < -0.39 is 0 Å². The predicted molar refractivity (Wildman–Crippen MR) is 62.6 cm³/mol. The predicted octanol–water partition coefficient (Wildman–Crippen LogP) is 1.34. The molecular formula is C10H16BrN3O. The first-order chi connectivity index (χ1) is 6.91. The molecule has 0 saturated carbocycles. The van der Waals surface area contributed by atoms with Crippen LogP contribution in [0.3, 0.4) is 0 Å². The average Bonchev–Trinajstić information content (AvgIpc) is 2.31.